The third-order valence-electron chi connectivity index (χ3n) is 4.64. The molecule has 3 aromatic rings. The molecule has 156 valence electrons. The van der Waals surface area contributed by atoms with Gasteiger partial charge >= 0.3 is 0 Å². The maximum Gasteiger partial charge on any atom is 0.257 e. The monoisotopic (exact) mass is 426 g/mol. The number of aryl methyl sites for hydroxylation is 1. The number of nitrogens with zero attached hydrogens (tertiary/aromatic N) is 1. The minimum atomic E-state index is -0.250. The molecule has 0 saturated heterocycles. The van der Waals surface area contributed by atoms with E-state index in [1.807, 2.05) is 32.0 Å². The molecule has 0 saturated carbocycles. The van der Waals surface area contributed by atoms with Gasteiger partial charge in [0.2, 0.25) is 6.79 Å². The van der Waals surface area contributed by atoms with Crippen molar-refractivity contribution in [2.75, 3.05) is 25.8 Å². The predicted molar refractivity (Wildman–Crippen MR) is 114 cm³/mol. The average Bonchev–Trinajstić information content (AvgIpc) is 3.34. The lowest BCUT2D eigenvalue weighted by atomic mass is 10.1. The molecule has 1 N–H and O–H groups in total. The molecule has 0 aliphatic carbocycles. The fourth-order valence-corrected chi connectivity index (χ4v) is 4.13. The Bertz CT molecular complexity index is 1080. The zero-order valence-corrected chi connectivity index (χ0v) is 17.8. The highest BCUT2D eigenvalue weighted by Crippen LogP contribution is 2.34. The zero-order valence-electron chi connectivity index (χ0n) is 17.0. The summed E-state index contributed by atoms with van der Waals surface area (Å²) >= 11 is 1.46. The van der Waals surface area contributed by atoms with Crippen molar-refractivity contribution in [3.05, 3.63) is 58.1 Å². The van der Waals surface area contributed by atoms with Crippen LogP contribution in [0.1, 0.15) is 33.4 Å². The van der Waals surface area contributed by atoms with Crippen molar-refractivity contribution < 1.29 is 23.7 Å². The molecule has 1 aliphatic rings. The van der Waals surface area contributed by atoms with E-state index in [0.717, 1.165) is 27.6 Å². The number of aromatic nitrogens is 1. The van der Waals surface area contributed by atoms with Gasteiger partial charge in [-0.1, -0.05) is 6.07 Å². The van der Waals surface area contributed by atoms with Crippen molar-refractivity contribution in [3.8, 4) is 23.0 Å². The van der Waals surface area contributed by atoms with E-state index in [0.29, 0.717) is 35.2 Å². The van der Waals surface area contributed by atoms with Gasteiger partial charge in [-0.2, -0.15) is 0 Å². The first-order chi connectivity index (χ1) is 14.6. The highest BCUT2D eigenvalue weighted by atomic mass is 32.1. The molecule has 30 heavy (non-hydrogen) atoms. The third-order valence-corrected chi connectivity index (χ3v) is 5.71. The second-order valence-corrected chi connectivity index (χ2v) is 7.73. The lowest BCUT2D eigenvalue weighted by molar-refractivity contribution is 0.102. The molecule has 1 amide bonds. The van der Waals surface area contributed by atoms with Crippen LogP contribution < -0.4 is 24.3 Å². The van der Waals surface area contributed by atoms with E-state index in [9.17, 15) is 4.79 Å². The highest BCUT2D eigenvalue weighted by Gasteiger charge is 2.17. The SMILES string of the molecule is CCOc1ccc(C(=O)Nc2nc(C)c(Cc3ccc4c(c3)OCO4)s2)cc1OC. The standard InChI is InChI=1S/C22H22N2O5S/c1-4-27-16-8-6-15(11-18(16)26-3)21(25)24-22-23-13(2)20(30-22)10-14-5-7-17-19(9-14)29-12-28-17/h5-9,11H,4,10,12H2,1-3H3,(H,23,24,25). The largest absolute Gasteiger partial charge is 0.493 e. The third kappa shape index (κ3) is 4.18. The summed E-state index contributed by atoms with van der Waals surface area (Å²) in [6.07, 6.45) is 0.701. The molecule has 8 heteroatoms. The Labute approximate surface area is 178 Å². The van der Waals surface area contributed by atoms with Gasteiger partial charge in [-0.15, -0.1) is 11.3 Å². The van der Waals surface area contributed by atoms with Crippen molar-refractivity contribution in [3.63, 3.8) is 0 Å². The number of amides is 1. The molecule has 1 aliphatic heterocycles. The smallest absolute Gasteiger partial charge is 0.257 e. The molecule has 0 radical (unpaired) electrons. The van der Waals surface area contributed by atoms with Crippen molar-refractivity contribution in [2.45, 2.75) is 20.3 Å². The Kier molecular flexibility index (Phi) is 5.76. The lowest BCUT2D eigenvalue weighted by Crippen LogP contribution is -2.12. The van der Waals surface area contributed by atoms with Gasteiger partial charge < -0.3 is 18.9 Å². The van der Waals surface area contributed by atoms with E-state index in [1.165, 1.54) is 11.3 Å². The van der Waals surface area contributed by atoms with Crippen LogP contribution in [0.2, 0.25) is 0 Å². The number of hydrogen-bond acceptors (Lipinski definition) is 7. The van der Waals surface area contributed by atoms with Crippen molar-refractivity contribution in [2.24, 2.45) is 0 Å². The maximum atomic E-state index is 12.7. The maximum absolute atomic E-state index is 12.7. The Morgan fingerprint density at radius 2 is 2.00 bits per heavy atom. The van der Waals surface area contributed by atoms with Crippen LogP contribution in [-0.2, 0) is 6.42 Å². The number of ether oxygens (including phenoxy) is 4. The Hall–Kier alpha value is -3.26. The Morgan fingerprint density at radius 1 is 1.17 bits per heavy atom. The number of carbonyl (C=O) groups is 1. The average molecular weight is 426 g/mol. The molecule has 0 unspecified atom stereocenters. The van der Waals surface area contributed by atoms with Crippen LogP contribution in [0.15, 0.2) is 36.4 Å². The van der Waals surface area contributed by atoms with Gasteiger partial charge in [-0.05, 0) is 49.7 Å². The van der Waals surface area contributed by atoms with Crippen LogP contribution in [-0.4, -0.2) is 31.4 Å². The second-order valence-electron chi connectivity index (χ2n) is 6.64. The van der Waals surface area contributed by atoms with Gasteiger partial charge in [0.15, 0.2) is 28.1 Å². The molecule has 4 rings (SSSR count). The molecular weight excluding hydrogens is 404 g/mol. The van der Waals surface area contributed by atoms with E-state index in [2.05, 4.69) is 10.3 Å². The van der Waals surface area contributed by atoms with Crippen molar-refractivity contribution in [1.29, 1.82) is 0 Å². The highest BCUT2D eigenvalue weighted by molar-refractivity contribution is 7.15. The van der Waals surface area contributed by atoms with Gasteiger partial charge in [0.05, 0.1) is 19.4 Å². The normalized spacial score (nSPS) is 12.0. The predicted octanol–water partition coefficient (Wildman–Crippen LogP) is 4.43. The first kappa shape index (κ1) is 20.0. The van der Waals surface area contributed by atoms with Crippen LogP contribution in [0.4, 0.5) is 5.13 Å². The quantitative estimate of drug-likeness (QED) is 0.602. The number of nitrogens with one attached hydrogen (secondary N) is 1. The minimum Gasteiger partial charge on any atom is -0.493 e. The van der Waals surface area contributed by atoms with Crippen LogP contribution in [0.5, 0.6) is 23.0 Å². The number of rotatable bonds is 7. The summed E-state index contributed by atoms with van der Waals surface area (Å²) in [5, 5.41) is 3.43. The first-order valence-electron chi connectivity index (χ1n) is 9.54. The van der Waals surface area contributed by atoms with Gasteiger partial charge in [0.25, 0.3) is 5.91 Å². The zero-order chi connectivity index (χ0) is 21.1. The molecule has 1 aromatic heterocycles. The van der Waals surface area contributed by atoms with E-state index in [1.54, 1.807) is 25.3 Å². The molecule has 0 atom stereocenters. The second kappa shape index (κ2) is 8.62. The Balaban J connectivity index is 1.47. The van der Waals surface area contributed by atoms with E-state index in [-0.39, 0.29) is 12.7 Å². The van der Waals surface area contributed by atoms with Gasteiger partial charge in [-0.25, -0.2) is 4.98 Å². The number of carbonyl (C=O) groups excluding carboxylic acids is 1. The molecule has 7 nitrogen and oxygen atoms in total. The van der Waals surface area contributed by atoms with Gasteiger partial charge in [0.1, 0.15) is 0 Å². The number of methoxy groups -OCH3 is 1. The molecule has 2 aromatic carbocycles. The molecule has 2 heterocycles. The number of hydrogen-bond donors (Lipinski definition) is 1. The van der Waals surface area contributed by atoms with Crippen LogP contribution in [0.3, 0.4) is 0 Å². The summed E-state index contributed by atoms with van der Waals surface area (Å²) in [4.78, 5) is 18.3. The number of anilines is 1. The summed E-state index contributed by atoms with van der Waals surface area (Å²) < 4.78 is 21.6. The summed E-state index contributed by atoms with van der Waals surface area (Å²) in [5.41, 5.74) is 2.46. The fourth-order valence-electron chi connectivity index (χ4n) is 3.13. The van der Waals surface area contributed by atoms with Crippen molar-refractivity contribution >= 4 is 22.4 Å². The summed E-state index contributed by atoms with van der Waals surface area (Å²) in [6.45, 7) is 4.61. The van der Waals surface area contributed by atoms with Gasteiger partial charge in [0, 0.05) is 16.9 Å². The first-order valence-corrected chi connectivity index (χ1v) is 10.4. The van der Waals surface area contributed by atoms with Gasteiger partial charge in [-0.3, -0.25) is 10.1 Å². The van der Waals surface area contributed by atoms with E-state index >= 15 is 0 Å². The van der Waals surface area contributed by atoms with Crippen molar-refractivity contribution in [1.82, 2.24) is 4.98 Å². The fraction of sp³-hybridized carbons (Fsp3) is 0.273. The van der Waals surface area contributed by atoms with E-state index < -0.39 is 0 Å². The van der Waals surface area contributed by atoms with Crippen LogP contribution in [0, 0.1) is 6.92 Å². The Morgan fingerprint density at radius 3 is 2.80 bits per heavy atom. The minimum absolute atomic E-state index is 0.250. The number of thiazole rings is 1. The molecular formula is C22H22N2O5S. The summed E-state index contributed by atoms with van der Waals surface area (Å²) in [6, 6.07) is 11.0. The molecule has 0 bridgehead atoms. The summed E-state index contributed by atoms with van der Waals surface area (Å²) in [5.74, 6) is 2.39. The molecule has 0 spiro atoms. The van der Waals surface area contributed by atoms with E-state index in [4.69, 9.17) is 18.9 Å². The topological polar surface area (TPSA) is 78.9 Å². The lowest BCUT2D eigenvalue weighted by Gasteiger charge is -2.10. The number of fused-ring (bicyclic) bond motifs is 1. The summed E-state index contributed by atoms with van der Waals surface area (Å²) in [7, 11) is 1.55. The molecule has 0 fully saturated rings. The number of benzene rings is 2. The van der Waals surface area contributed by atoms with Crippen LogP contribution in [0.25, 0.3) is 0 Å². The van der Waals surface area contributed by atoms with Crippen LogP contribution >= 0.6 is 11.3 Å².